The third-order valence-electron chi connectivity index (χ3n) is 4.03. The van der Waals surface area contributed by atoms with Crippen molar-refractivity contribution < 1.29 is 4.79 Å². The van der Waals surface area contributed by atoms with Crippen molar-refractivity contribution in [3.63, 3.8) is 0 Å². The normalized spacial score (nSPS) is 15.8. The molecule has 0 spiro atoms. The van der Waals surface area contributed by atoms with E-state index < -0.39 is 0 Å². The SMILES string of the molecule is O=C(NCCSC1CCCCC1)Nc1cccc2[nH]ncc12. The maximum Gasteiger partial charge on any atom is 0.319 e. The molecule has 6 heteroatoms. The standard InChI is InChI=1S/C16H22N4OS/c21-16(17-9-10-22-12-5-2-1-3-6-12)19-14-7-4-8-15-13(14)11-18-20-15/h4,7-8,11-12H,1-3,5-6,9-10H2,(H,18,20)(H2,17,19,21). The van der Waals surface area contributed by atoms with Gasteiger partial charge in [0, 0.05) is 22.9 Å². The summed E-state index contributed by atoms with van der Waals surface area (Å²) < 4.78 is 0. The van der Waals surface area contributed by atoms with Crippen LogP contribution in [-0.4, -0.2) is 33.8 Å². The Kier molecular flexibility index (Phi) is 5.21. The van der Waals surface area contributed by atoms with Crippen molar-refractivity contribution in [1.29, 1.82) is 0 Å². The molecule has 1 aliphatic rings. The summed E-state index contributed by atoms with van der Waals surface area (Å²) in [6.45, 7) is 0.703. The van der Waals surface area contributed by atoms with E-state index >= 15 is 0 Å². The monoisotopic (exact) mass is 318 g/mol. The van der Waals surface area contributed by atoms with E-state index in [-0.39, 0.29) is 6.03 Å². The number of urea groups is 1. The van der Waals surface area contributed by atoms with Crippen molar-refractivity contribution in [2.45, 2.75) is 37.4 Å². The zero-order chi connectivity index (χ0) is 15.2. The number of aromatic nitrogens is 2. The molecule has 0 radical (unpaired) electrons. The molecule has 22 heavy (non-hydrogen) atoms. The lowest BCUT2D eigenvalue weighted by Crippen LogP contribution is -2.31. The number of hydrogen-bond acceptors (Lipinski definition) is 3. The van der Waals surface area contributed by atoms with Crippen molar-refractivity contribution in [2.24, 2.45) is 0 Å². The summed E-state index contributed by atoms with van der Waals surface area (Å²) >= 11 is 1.99. The molecule has 0 aliphatic heterocycles. The molecule has 0 atom stereocenters. The number of nitrogens with one attached hydrogen (secondary N) is 3. The molecule has 0 saturated heterocycles. The summed E-state index contributed by atoms with van der Waals surface area (Å²) in [7, 11) is 0. The maximum atomic E-state index is 12.0. The number of anilines is 1. The third-order valence-corrected chi connectivity index (χ3v) is 5.41. The highest BCUT2D eigenvalue weighted by molar-refractivity contribution is 7.99. The number of benzene rings is 1. The molecule has 118 valence electrons. The number of H-pyrrole nitrogens is 1. The molecule has 0 unspecified atom stereocenters. The first kappa shape index (κ1) is 15.2. The second-order valence-corrected chi connectivity index (χ2v) is 7.06. The van der Waals surface area contributed by atoms with Crippen molar-refractivity contribution in [1.82, 2.24) is 15.5 Å². The molecule has 3 rings (SSSR count). The van der Waals surface area contributed by atoms with Crippen LogP contribution in [0, 0.1) is 0 Å². The van der Waals surface area contributed by atoms with Gasteiger partial charge in [0.15, 0.2) is 0 Å². The van der Waals surface area contributed by atoms with Gasteiger partial charge in [0.1, 0.15) is 0 Å². The Balaban J connectivity index is 1.41. The quantitative estimate of drug-likeness (QED) is 0.735. The largest absolute Gasteiger partial charge is 0.337 e. The number of amides is 2. The minimum atomic E-state index is -0.155. The lowest BCUT2D eigenvalue weighted by atomic mass is 10.0. The summed E-state index contributed by atoms with van der Waals surface area (Å²) in [6.07, 6.45) is 8.50. The van der Waals surface area contributed by atoms with E-state index in [1.54, 1.807) is 6.20 Å². The zero-order valence-corrected chi connectivity index (χ0v) is 13.4. The lowest BCUT2D eigenvalue weighted by molar-refractivity contribution is 0.252. The lowest BCUT2D eigenvalue weighted by Gasteiger charge is -2.20. The first-order chi connectivity index (χ1) is 10.8. The third kappa shape index (κ3) is 3.94. The number of carbonyl (C=O) groups is 1. The molecule has 5 nitrogen and oxygen atoms in total. The van der Waals surface area contributed by atoms with Gasteiger partial charge in [-0.3, -0.25) is 5.10 Å². The Morgan fingerprint density at radius 1 is 1.32 bits per heavy atom. The predicted octanol–water partition coefficient (Wildman–Crippen LogP) is 3.75. The summed E-state index contributed by atoms with van der Waals surface area (Å²) in [4.78, 5) is 12.0. The second kappa shape index (κ2) is 7.54. The first-order valence-corrected chi connectivity index (χ1v) is 8.96. The minimum Gasteiger partial charge on any atom is -0.337 e. The smallest absolute Gasteiger partial charge is 0.319 e. The fourth-order valence-electron chi connectivity index (χ4n) is 2.87. The fraction of sp³-hybridized carbons (Fsp3) is 0.500. The van der Waals surface area contributed by atoms with Crippen LogP contribution in [0.15, 0.2) is 24.4 Å². The van der Waals surface area contributed by atoms with Crippen LogP contribution >= 0.6 is 11.8 Å². The van der Waals surface area contributed by atoms with E-state index in [4.69, 9.17) is 0 Å². The number of hydrogen-bond donors (Lipinski definition) is 3. The molecule has 1 aromatic heterocycles. The zero-order valence-electron chi connectivity index (χ0n) is 12.6. The summed E-state index contributed by atoms with van der Waals surface area (Å²) in [5.74, 6) is 0.980. The van der Waals surface area contributed by atoms with Crippen LogP contribution in [0.1, 0.15) is 32.1 Å². The van der Waals surface area contributed by atoms with Crippen LogP contribution in [-0.2, 0) is 0 Å². The van der Waals surface area contributed by atoms with E-state index in [0.717, 1.165) is 27.6 Å². The molecular weight excluding hydrogens is 296 g/mol. The molecule has 0 bridgehead atoms. The van der Waals surface area contributed by atoms with Crippen LogP contribution in [0.3, 0.4) is 0 Å². The number of aromatic amines is 1. The molecular formula is C16H22N4OS. The Morgan fingerprint density at radius 2 is 2.18 bits per heavy atom. The van der Waals surface area contributed by atoms with Gasteiger partial charge in [0.25, 0.3) is 0 Å². The van der Waals surface area contributed by atoms with Crippen LogP contribution < -0.4 is 10.6 Å². The molecule has 1 saturated carbocycles. The molecule has 1 fully saturated rings. The number of carbonyl (C=O) groups excluding carboxylic acids is 1. The van der Waals surface area contributed by atoms with E-state index in [2.05, 4.69) is 20.8 Å². The molecule has 1 aliphatic carbocycles. The Bertz CT molecular complexity index is 621. The maximum absolute atomic E-state index is 12.0. The second-order valence-electron chi connectivity index (χ2n) is 5.65. The molecule has 2 aromatic rings. The highest BCUT2D eigenvalue weighted by Gasteiger charge is 2.13. The first-order valence-electron chi connectivity index (χ1n) is 7.91. The molecule has 2 amide bonds. The van der Waals surface area contributed by atoms with E-state index in [9.17, 15) is 4.79 Å². The number of rotatable bonds is 5. The average molecular weight is 318 g/mol. The number of nitrogens with zero attached hydrogens (tertiary/aromatic N) is 1. The van der Waals surface area contributed by atoms with Crippen LogP contribution in [0.25, 0.3) is 10.9 Å². The summed E-state index contributed by atoms with van der Waals surface area (Å²) in [6, 6.07) is 5.56. The van der Waals surface area contributed by atoms with Crippen molar-refractivity contribution in [3.05, 3.63) is 24.4 Å². The molecule has 1 aromatic carbocycles. The van der Waals surface area contributed by atoms with Gasteiger partial charge in [0.05, 0.1) is 17.4 Å². The Hall–Kier alpha value is -1.69. The summed E-state index contributed by atoms with van der Waals surface area (Å²) in [5, 5.41) is 14.4. The van der Waals surface area contributed by atoms with Crippen LogP contribution in [0.2, 0.25) is 0 Å². The van der Waals surface area contributed by atoms with Crippen LogP contribution in [0.5, 0.6) is 0 Å². The van der Waals surface area contributed by atoms with E-state index in [1.165, 1.54) is 32.1 Å². The van der Waals surface area contributed by atoms with Crippen molar-refractivity contribution >= 4 is 34.4 Å². The van der Waals surface area contributed by atoms with Gasteiger partial charge in [-0.25, -0.2) is 4.79 Å². The van der Waals surface area contributed by atoms with Crippen LogP contribution in [0.4, 0.5) is 10.5 Å². The van der Waals surface area contributed by atoms with Gasteiger partial charge >= 0.3 is 6.03 Å². The fourth-order valence-corrected chi connectivity index (χ4v) is 4.09. The minimum absolute atomic E-state index is 0.155. The number of thioether (sulfide) groups is 1. The van der Waals surface area contributed by atoms with Gasteiger partial charge < -0.3 is 10.6 Å². The summed E-state index contributed by atoms with van der Waals surface area (Å²) in [5.41, 5.74) is 1.70. The van der Waals surface area contributed by atoms with Gasteiger partial charge in [0.2, 0.25) is 0 Å². The van der Waals surface area contributed by atoms with Crippen molar-refractivity contribution in [2.75, 3.05) is 17.6 Å². The van der Waals surface area contributed by atoms with E-state index in [1.807, 2.05) is 30.0 Å². The average Bonchev–Trinajstić information content (AvgIpc) is 3.02. The van der Waals surface area contributed by atoms with Gasteiger partial charge in [-0.05, 0) is 25.0 Å². The van der Waals surface area contributed by atoms with E-state index in [0.29, 0.717) is 6.54 Å². The molecule has 3 N–H and O–H groups in total. The van der Waals surface area contributed by atoms with Gasteiger partial charge in [-0.15, -0.1) is 0 Å². The molecule has 1 heterocycles. The van der Waals surface area contributed by atoms with Crippen molar-refractivity contribution in [3.8, 4) is 0 Å². The Morgan fingerprint density at radius 3 is 3.05 bits per heavy atom. The Labute approximate surface area is 134 Å². The van der Waals surface area contributed by atoms with Gasteiger partial charge in [-0.1, -0.05) is 25.3 Å². The highest BCUT2D eigenvalue weighted by Crippen LogP contribution is 2.27. The topological polar surface area (TPSA) is 69.8 Å². The van der Waals surface area contributed by atoms with Gasteiger partial charge in [-0.2, -0.15) is 16.9 Å². The highest BCUT2D eigenvalue weighted by atomic mass is 32.2. The predicted molar refractivity (Wildman–Crippen MR) is 92.4 cm³/mol. The number of fused-ring (bicyclic) bond motifs is 1.